The summed E-state index contributed by atoms with van der Waals surface area (Å²) < 4.78 is 2.12. The molecule has 0 atom stereocenters. The molecule has 1 saturated heterocycles. The number of amides is 1. The Kier molecular flexibility index (Phi) is 3.93. The minimum Gasteiger partial charge on any atom is -0.350 e. The van der Waals surface area contributed by atoms with Crippen molar-refractivity contribution in [2.24, 2.45) is 0 Å². The van der Waals surface area contributed by atoms with Crippen LogP contribution < -0.4 is 10.6 Å². The highest BCUT2D eigenvalue weighted by molar-refractivity contribution is 8.03. The molecule has 4 heterocycles. The van der Waals surface area contributed by atoms with Gasteiger partial charge in [-0.05, 0) is 50.2 Å². The van der Waals surface area contributed by atoms with Gasteiger partial charge in [0, 0.05) is 17.0 Å². The SMILES string of the molecule is O=C(/C=C\C1=Cc2cnc3cccc(n23)S1)NC1CCNCC1. The summed E-state index contributed by atoms with van der Waals surface area (Å²) in [6.45, 7) is 1.95. The molecule has 0 unspecified atom stereocenters. The van der Waals surface area contributed by atoms with Crippen LogP contribution in [-0.4, -0.2) is 34.4 Å². The lowest BCUT2D eigenvalue weighted by molar-refractivity contribution is -0.117. The van der Waals surface area contributed by atoms with Gasteiger partial charge in [0.25, 0.3) is 0 Å². The van der Waals surface area contributed by atoms with Crippen molar-refractivity contribution in [1.29, 1.82) is 0 Å². The summed E-state index contributed by atoms with van der Waals surface area (Å²) in [6.07, 6.45) is 9.44. The molecule has 4 rings (SSSR count). The highest BCUT2D eigenvalue weighted by atomic mass is 32.2. The third-order valence-corrected chi connectivity index (χ3v) is 5.14. The van der Waals surface area contributed by atoms with Gasteiger partial charge in [-0.3, -0.25) is 9.20 Å². The van der Waals surface area contributed by atoms with Gasteiger partial charge in [0.1, 0.15) is 5.65 Å². The third kappa shape index (κ3) is 3.04. The summed E-state index contributed by atoms with van der Waals surface area (Å²) in [5.41, 5.74) is 2.00. The molecule has 5 nitrogen and oxygen atoms in total. The van der Waals surface area contributed by atoms with Crippen LogP contribution in [0.3, 0.4) is 0 Å². The lowest BCUT2D eigenvalue weighted by Crippen LogP contribution is -2.42. The molecule has 2 aromatic heterocycles. The molecule has 0 bridgehead atoms. The molecule has 0 saturated carbocycles. The van der Waals surface area contributed by atoms with E-state index < -0.39 is 0 Å². The van der Waals surface area contributed by atoms with Crippen molar-refractivity contribution in [3.63, 3.8) is 0 Å². The molecular weight excluding hydrogens is 308 g/mol. The maximum atomic E-state index is 12.1. The number of nitrogens with one attached hydrogen (secondary N) is 2. The fourth-order valence-corrected chi connectivity index (χ4v) is 3.96. The molecule has 1 fully saturated rings. The maximum Gasteiger partial charge on any atom is 0.244 e. The standard InChI is InChI=1S/C17H18N4OS/c22-16(20-12-6-8-18-9-7-12)5-4-14-10-13-11-19-15-2-1-3-17(23-14)21(13)15/h1-5,10-12,18H,6-9H2,(H,20,22)/b5-4-. The van der Waals surface area contributed by atoms with Crippen LogP contribution in [0.2, 0.25) is 0 Å². The highest BCUT2D eigenvalue weighted by Crippen LogP contribution is 2.34. The normalized spacial score (nSPS) is 18.3. The summed E-state index contributed by atoms with van der Waals surface area (Å²) in [6, 6.07) is 6.36. The van der Waals surface area contributed by atoms with Crippen LogP contribution in [0.25, 0.3) is 11.7 Å². The number of nitrogens with zero attached hydrogens (tertiary/aromatic N) is 2. The van der Waals surface area contributed by atoms with Crippen LogP contribution in [0.15, 0.2) is 46.5 Å². The molecule has 6 heteroatoms. The van der Waals surface area contributed by atoms with Crippen molar-refractivity contribution in [2.45, 2.75) is 23.9 Å². The second kappa shape index (κ2) is 6.22. The Balaban J connectivity index is 1.47. The molecule has 0 radical (unpaired) electrons. The van der Waals surface area contributed by atoms with Crippen molar-refractivity contribution in [2.75, 3.05) is 13.1 Å². The van der Waals surface area contributed by atoms with E-state index in [1.807, 2.05) is 24.4 Å². The van der Waals surface area contributed by atoms with Gasteiger partial charge in [0.05, 0.1) is 16.9 Å². The molecular formula is C17H18N4OS. The number of carbonyl (C=O) groups excluding carboxylic acids is 1. The van der Waals surface area contributed by atoms with Crippen LogP contribution >= 0.6 is 11.8 Å². The summed E-state index contributed by atoms with van der Waals surface area (Å²) in [7, 11) is 0. The molecule has 2 aliphatic rings. The zero-order chi connectivity index (χ0) is 15.6. The number of pyridine rings is 1. The number of thioether (sulfide) groups is 1. The molecule has 2 aromatic rings. The number of carbonyl (C=O) groups is 1. The first kappa shape index (κ1) is 14.5. The van der Waals surface area contributed by atoms with E-state index in [4.69, 9.17) is 0 Å². The second-order valence-electron chi connectivity index (χ2n) is 5.76. The van der Waals surface area contributed by atoms with E-state index in [2.05, 4.69) is 32.2 Å². The number of hydrogen-bond acceptors (Lipinski definition) is 4. The van der Waals surface area contributed by atoms with Gasteiger partial charge < -0.3 is 10.6 Å². The van der Waals surface area contributed by atoms with E-state index >= 15 is 0 Å². The Hall–Kier alpha value is -2.05. The predicted molar refractivity (Wildman–Crippen MR) is 92.2 cm³/mol. The summed E-state index contributed by atoms with van der Waals surface area (Å²) >= 11 is 1.65. The van der Waals surface area contributed by atoms with Gasteiger partial charge in [-0.1, -0.05) is 17.8 Å². The molecule has 118 valence electrons. The first-order valence-electron chi connectivity index (χ1n) is 7.85. The van der Waals surface area contributed by atoms with E-state index in [1.54, 1.807) is 17.8 Å². The Bertz CT molecular complexity index is 802. The Labute approximate surface area is 138 Å². The van der Waals surface area contributed by atoms with Crippen LogP contribution in [0.5, 0.6) is 0 Å². The van der Waals surface area contributed by atoms with Crippen molar-refractivity contribution in [3.8, 4) is 0 Å². The topological polar surface area (TPSA) is 58.4 Å². The van der Waals surface area contributed by atoms with Gasteiger partial charge in [-0.2, -0.15) is 0 Å². The lowest BCUT2D eigenvalue weighted by Gasteiger charge is -2.23. The number of aromatic nitrogens is 2. The molecule has 2 aliphatic heterocycles. The highest BCUT2D eigenvalue weighted by Gasteiger charge is 2.15. The zero-order valence-corrected chi connectivity index (χ0v) is 13.5. The Morgan fingerprint density at radius 1 is 1.39 bits per heavy atom. The molecule has 2 N–H and O–H groups in total. The molecule has 23 heavy (non-hydrogen) atoms. The second-order valence-corrected chi connectivity index (χ2v) is 6.85. The van der Waals surface area contributed by atoms with Gasteiger partial charge in [-0.15, -0.1) is 0 Å². The summed E-state index contributed by atoms with van der Waals surface area (Å²) in [4.78, 5) is 17.5. The van der Waals surface area contributed by atoms with Gasteiger partial charge in [-0.25, -0.2) is 4.98 Å². The van der Waals surface area contributed by atoms with Gasteiger partial charge in [0.15, 0.2) is 0 Å². The number of piperidine rings is 1. The number of allylic oxidation sites excluding steroid dienone is 1. The van der Waals surface area contributed by atoms with Crippen LogP contribution in [-0.2, 0) is 4.79 Å². The maximum absolute atomic E-state index is 12.1. The monoisotopic (exact) mass is 326 g/mol. The van der Waals surface area contributed by atoms with Gasteiger partial charge in [0.2, 0.25) is 5.91 Å². The summed E-state index contributed by atoms with van der Waals surface area (Å²) in [5.74, 6) is -0.0179. The Morgan fingerprint density at radius 3 is 3.13 bits per heavy atom. The Morgan fingerprint density at radius 2 is 2.26 bits per heavy atom. The minimum absolute atomic E-state index is 0.0179. The molecule has 0 aliphatic carbocycles. The average molecular weight is 326 g/mol. The van der Waals surface area contributed by atoms with E-state index in [-0.39, 0.29) is 11.9 Å². The summed E-state index contributed by atoms with van der Waals surface area (Å²) in [5, 5.41) is 7.49. The first-order valence-corrected chi connectivity index (χ1v) is 8.66. The minimum atomic E-state index is -0.0179. The fraction of sp³-hybridized carbons (Fsp3) is 0.294. The molecule has 1 amide bonds. The average Bonchev–Trinajstić information content (AvgIpc) is 2.99. The number of rotatable bonds is 3. The van der Waals surface area contributed by atoms with Crippen LogP contribution in [0, 0.1) is 0 Å². The van der Waals surface area contributed by atoms with E-state index in [0.717, 1.165) is 47.2 Å². The van der Waals surface area contributed by atoms with E-state index in [0.29, 0.717) is 0 Å². The van der Waals surface area contributed by atoms with Crippen LogP contribution in [0.1, 0.15) is 18.5 Å². The van der Waals surface area contributed by atoms with Gasteiger partial charge >= 0.3 is 0 Å². The van der Waals surface area contributed by atoms with Crippen molar-refractivity contribution >= 4 is 29.4 Å². The van der Waals surface area contributed by atoms with Crippen molar-refractivity contribution in [3.05, 3.63) is 47.1 Å². The molecule has 0 aromatic carbocycles. The van der Waals surface area contributed by atoms with E-state index in [9.17, 15) is 4.79 Å². The molecule has 0 spiro atoms. The third-order valence-electron chi connectivity index (χ3n) is 4.12. The first-order chi connectivity index (χ1) is 11.3. The smallest absolute Gasteiger partial charge is 0.244 e. The number of hydrogen-bond donors (Lipinski definition) is 2. The van der Waals surface area contributed by atoms with E-state index in [1.165, 1.54) is 0 Å². The number of imidazole rings is 1. The fourth-order valence-electron chi connectivity index (χ4n) is 2.96. The predicted octanol–water partition coefficient (Wildman–Crippen LogP) is 2.21. The largest absolute Gasteiger partial charge is 0.350 e. The van der Waals surface area contributed by atoms with Crippen molar-refractivity contribution in [1.82, 2.24) is 20.0 Å². The van der Waals surface area contributed by atoms with Crippen LogP contribution in [0.4, 0.5) is 0 Å². The quantitative estimate of drug-likeness (QED) is 0.849. The zero-order valence-electron chi connectivity index (χ0n) is 12.7. The lowest BCUT2D eigenvalue weighted by atomic mass is 10.1. The van der Waals surface area contributed by atoms with Crippen molar-refractivity contribution < 1.29 is 4.79 Å².